The van der Waals surface area contributed by atoms with E-state index in [1.54, 1.807) is 0 Å². The molecule has 0 N–H and O–H groups in total. The van der Waals surface area contributed by atoms with Crippen molar-refractivity contribution in [2.75, 3.05) is 19.4 Å². The molecule has 0 amide bonds. The number of hydrogen-bond donors (Lipinski definition) is 0. The Morgan fingerprint density at radius 2 is 2.07 bits per heavy atom. The van der Waals surface area contributed by atoms with Crippen LogP contribution in [0.1, 0.15) is 24.0 Å². The summed E-state index contributed by atoms with van der Waals surface area (Å²) in [5, 5.41) is 1.03. The first-order valence-electron chi connectivity index (χ1n) is 4.93. The van der Waals surface area contributed by atoms with E-state index in [4.69, 9.17) is 0 Å². The van der Waals surface area contributed by atoms with Gasteiger partial charge in [-0.15, -0.1) is 0 Å². The number of hydrogen-bond acceptors (Lipinski definition) is 1. The predicted molar refractivity (Wildman–Crippen MR) is 66.0 cm³/mol. The molecule has 0 aliphatic carbocycles. The second-order valence-corrected chi connectivity index (χ2v) is 4.69. The molecule has 0 radical (unpaired) electrons. The lowest BCUT2D eigenvalue weighted by atomic mass is 10.0. The van der Waals surface area contributed by atoms with Gasteiger partial charge in [-0.05, 0) is 31.1 Å². The van der Waals surface area contributed by atoms with E-state index in [0.717, 1.165) is 11.9 Å². The minimum absolute atomic E-state index is 0.595. The minimum Gasteiger partial charge on any atom is -0.305 e. The standard InChI is InChI=1S/C12H18BrN/c1-10(8-13)12-6-4-5-11(7-12)9-14(2)3/h4-7,10H,8-9H2,1-3H3. The van der Waals surface area contributed by atoms with Crippen LogP contribution in [0.15, 0.2) is 24.3 Å². The molecule has 0 saturated heterocycles. The smallest absolute Gasteiger partial charge is 0.0227 e. The van der Waals surface area contributed by atoms with Crippen molar-refractivity contribution < 1.29 is 0 Å². The van der Waals surface area contributed by atoms with E-state index >= 15 is 0 Å². The van der Waals surface area contributed by atoms with Gasteiger partial charge < -0.3 is 4.90 Å². The summed E-state index contributed by atoms with van der Waals surface area (Å²) in [6, 6.07) is 8.83. The largest absolute Gasteiger partial charge is 0.305 e. The summed E-state index contributed by atoms with van der Waals surface area (Å²) in [6.45, 7) is 3.26. The van der Waals surface area contributed by atoms with Gasteiger partial charge in [0.15, 0.2) is 0 Å². The van der Waals surface area contributed by atoms with Crippen LogP contribution in [-0.4, -0.2) is 24.3 Å². The molecule has 1 rings (SSSR count). The fourth-order valence-electron chi connectivity index (χ4n) is 1.45. The maximum Gasteiger partial charge on any atom is 0.0227 e. The number of nitrogens with zero attached hydrogens (tertiary/aromatic N) is 1. The fourth-order valence-corrected chi connectivity index (χ4v) is 1.83. The Labute approximate surface area is 95.2 Å². The Morgan fingerprint density at radius 3 is 2.64 bits per heavy atom. The van der Waals surface area contributed by atoms with Gasteiger partial charge in [0.25, 0.3) is 0 Å². The summed E-state index contributed by atoms with van der Waals surface area (Å²) in [7, 11) is 4.20. The third-order valence-corrected chi connectivity index (χ3v) is 3.22. The maximum absolute atomic E-state index is 3.52. The Morgan fingerprint density at radius 1 is 1.36 bits per heavy atom. The molecule has 1 unspecified atom stereocenters. The Hall–Kier alpha value is -0.340. The van der Waals surface area contributed by atoms with Gasteiger partial charge in [-0.2, -0.15) is 0 Å². The van der Waals surface area contributed by atoms with Crippen molar-refractivity contribution in [3.63, 3.8) is 0 Å². The second-order valence-electron chi connectivity index (χ2n) is 4.04. The van der Waals surface area contributed by atoms with Gasteiger partial charge in [0.2, 0.25) is 0 Å². The van der Waals surface area contributed by atoms with E-state index in [-0.39, 0.29) is 0 Å². The van der Waals surface area contributed by atoms with Gasteiger partial charge in [-0.25, -0.2) is 0 Å². The molecule has 78 valence electrons. The van der Waals surface area contributed by atoms with Crippen molar-refractivity contribution in [3.05, 3.63) is 35.4 Å². The molecule has 0 bridgehead atoms. The molecule has 0 spiro atoms. The Balaban J connectivity index is 2.78. The zero-order chi connectivity index (χ0) is 10.6. The van der Waals surface area contributed by atoms with Crippen LogP contribution in [0.5, 0.6) is 0 Å². The summed E-state index contributed by atoms with van der Waals surface area (Å²) in [6.07, 6.45) is 0. The van der Waals surface area contributed by atoms with Crippen LogP contribution in [0.4, 0.5) is 0 Å². The second kappa shape index (κ2) is 5.52. The Bertz CT molecular complexity index is 283. The zero-order valence-electron chi connectivity index (χ0n) is 9.13. The SMILES string of the molecule is CC(CBr)c1cccc(CN(C)C)c1. The van der Waals surface area contributed by atoms with Gasteiger partial charge in [0.05, 0.1) is 0 Å². The molecular formula is C12H18BrN. The van der Waals surface area contributed by atoms with Crippen molar-refractivity contribution in [1.82, 2.24) is 4.90 Å². The summed E-state index contributed by atoms with van der Waals surface area (Å²) in [4.78, 5) is 2.19. The normalized spacial score (nSPS) is 13.2. The zero-order valence-corrected chi connectivity index (χ0v) is 10.7. The lowest BCUT2D eigenvalue weighted by Crippen LogP contribution is -2.10. The lowest BCUT2D eigenvalue weighted by molar-refractivity contribution is 0.402. The quantitative estimate of drug-likeness (QED) is 0.747. The van der Waals surface area contributed by atoms with Crippen LogP contribution < -0.4 is 0 Å². The third-order valence-electron chi connectivity index (χ3n) is 2.25. The van der Waals surface area contributed by atoms with E-state index < -0.39 is 0 Å². The van der Waals surface area contributed by atoms with E-state index in [1.807, 2.05) is 0 Å². The highest BCUT2D eigenvalue weighted by Crippen LogP contribution is 2.18. The molecule has 14 heavy (non-hydrogen) atoms. The topological polar surface area (TPSA) is 3.24 Å². The summed E-state index contributed by atoms with van der Waals surface area (Å²) < 4.78 is 0. The number of benzene rings is 1. The lowest BCUT2D eigenvalue weighted by Gasteiger charge is -2.13. The highest BCUT2D eigenvalue weighted by atomic mass is 79.9. The first-order chi connectivity index (χ1) is 6.63. The van der Waals surface area contributed by atoms with E-state index in [9.17, 15) is 0 Å². The van der Waals surface area contributed by atoms with Crippen molar-refractivity contribution in [3.8, 4) is 0 Å². The number of rotatable bonds is 4. The number of halogens is 1. The molecule has 1 atom stereocenters. The van der Waals surface area contributed by atoms with E-state index in [0.29, 0.717) is 5.92 Å². The molecule has 0 aliphatic rings. The monoisotopic (exact) mass is 255 g/mol. The van der Waals surface area contributed by atoms with Crippen molar-refractivity contribution >= 4 is 15.9 Å². The highest BCUT2D eigenvalue weighted by Gasteiger charge is 2.04. The number of alkyl halides is 1. The van der Waals surface area contributed by atoms with E-state index in [1.165, 1.54) is 11.1 Å². The van der Waals surface area contributed by atoms with Gasteiger partial charge >= 0.3 is 0 Å². The third kappa shape index (κ3) is 3.43. The van der Waals surface area contributed by atoms with E-state index in [2.05, 4.69) is 66.1 Å². The molecule has 0 heterocycles. The van der Waals surface area contributed by atoms with Gasteiger partial charge in [-0.1, -0.05) is 47.1 Å². The molecule has 2 heteroatoms. The molecule has 1 aromatic carbocycles. The molecular weight excluding hydrogens is 238 g/mol. The average molecular weight is 256 g/mol. The molecule has 0 aliphatic heterocycles. The van der Waals surface area contributed by atoms with Crippen LogP contribution in [0.2, 0.25) is 0 Å². The first-order valence-corrected chi connectivity index (χ1v) is 6.05. The van der Waals surface area contributed by atoms with Crippen molar-refractivity contribution in [2.45, 2.75) is 19.4 Å². The van der Waals surface area contributed by atoms with Crippen LogP contribution >= 0.6 is 15.9 Å². The molecule has 1 nitrogen and oxygen atoms in total. The maximum atomic E-state index is 3.52. The molecule has 0 saturated carbocycles. The van der Waals surface area contributed by atoms with Gasteiger partial charge in [0, 0.05) is 11.9 Å². The van der Waals surface area contributed by atoms with Crippen LogP contribution in [0, 0.1) is 0 Å². The summed E-state index contributed by atoms with van der Waals surface area (Å²) >= 11 is 3.52. The first kappa shape index (κ1) is 11.7. The van der Waals surface area contributed by atoms with Crippen LogP contribution in [0.3, 0.4) is 0 Å². The summed E-state index contributed by atoms with van der Waals surface area (Å²) in [5.41, 5.74) is 2.81. The van der Waals surface area contributed by atoms with Crippen LogP contribution in [-0.2, 0) is 6.54 Å². The highest BCUT2D eigenvalue weighted by molar-refractivity contribution is 9.09. The molecule has 1 aromatic rings. The Kier molecular flexibility index (Phi) is 4.63. The van der Waals surface area contributed by atoms with Gasteiger partial charge in [-0.3, -0.25) is 0 Å². The van der Waals surface area contributed by atoms with Crippen LogP contribution in [0.25, 0.3) is 0 Å². The molecule has 0 fully saturated rings. The van der Waals surface area contributed by atoms with Gasteiger partial charge in [0.1, 0.15) is 0 Å². The van der Waals surface area contributed by atoms with Crippen molar-refractivity contribution in [1.29, 1.82) is 0 Å². The average Bonchev–Trinajstić information content (AvgIpc) is 2.16. The fraction of sp³-hybridized carbons (Fsp3) is 0.500. The summed E-state index contributed by atoms with van der Waals surface area (Å²) in [5.74, 6) is 0.595. The predicted octanol–water partition coefficient (Wildman–Crippen LogP) is 3.25. The molecule has 0 aromatic heterocycles. The van der Waals surface area contributed by atoms with Crippen molar-refractivity contribution in [2.24, 2.45) is 0 Å². The minimum atomic E-state index is 0.595.